The first-order valence-corrected chi connectivity index (χ1v) is 8.87. The van der Waals surface area contributed by atoms with Gasteiger partial charge in [-0.2, -0.15) is 0 Å². The van der Waals surface area contributed by atoms with Gasteiger partial charge in [0.25, 0.3) is 5.91 Å². The number of thiophene rings is 1. The molecule has 0 radical (unpaired) electrons. The van der Waals surface area contributed by atoms with Gasteiger partial charge in [0, 0.05) is 19.2 Å². The normalized spacial score (nSPS) is 12.2. The maximum atomic E-state index is 12.9. The largest absolute Gasteiger partial charge is 0.454 e. The third kappa shape index (κ3) is 3.10. The minimum Gasteiger partial charge on any atom is -0.454 e. The predicted molar refractivity (Wildman–Crippen MR) is 98.1 cm³/mol. The van der Waals surface area contributed by atoms with E-state index < -0.39 is 0 Å². The van der Waals surface area contributed by atoms with Gasteiger partial charge in [-0.25, -0.2) is 0 Å². The Morgan fingerprint density at radius 1 is 1.08 bits per heavy atom. The third-order valence-electron chi connectivity index (χ3n) is 4.15. The van der Waals surface area contributed by atoms with Gasteiger partial charge in [0.2, 0.25) is 6.79 Å². The van der Waals surface area contributed by atoms with E-state index in [2.05, 4.69) is 0 Å². The zero-order valence-corrected chi connectivity index (χ0v) is 14.6. The van der Waals surface area contributed by atoms with E-state index in [9.17, 15) is 4.79 Å². The molecule has 126 valence electrons. The highest BCUT2D eigenvalue weighted by molar-refractivity contribution is 7.12. The van der Waals surface area contributed by atoms with Crippen molar-refractivity contribution in [3.63, 3.8) is 0 Å². The Hall–Kier alpha value is -2.79. The lowest BCUT2D eigenvalue weighted by Gasteiger charge is -2.17. The monoisotopic (exact) mass is 351 g/mol. The highest BCUT2D eigenvalue weighted by atomic mass is 32.1. The molecular formula is C20H17NO3S. The van der Waals surface area contributed by atoms with E-state index in [1.54, 1.807) is 4.90 Å². The van der Waals surface area contributed by atoms with Crippen molar-refractivity contribution in [1.82, 2.24) is 4.90 Å². The number of hydrogen-bond acceptors (Lipinski definition) is 4. The predicted octanol–water partition coefficient (Wildman–Crippen LogP) is 4.42. The van der Waals surface area contributed by atoms with E-state index >= 15 is 0 Å². The average molecular weight is 351 g/mol. The Morgan fingerprint density at radius 2 is 1.88 bits per heavy atom. The van der Waals surface area contributed by atoms with E-state index in [0.717, 1.165) is 33.1 Å². The molecule has 4 rings (SSSR count). The number of hydrogen-bond donors (Lipinski definition) is 0. The Morgan fingerprint density at radius 3 is 2.72 bits per heavy atom. The maximum absolute atomic E-state index is 12.9. The fourth-order valence-corrected chi connectivity index (χ4v) is 3.79. The minimum absolute atomic E-state index is 0.0199. The summed E-state index contributed by atoms with van der Waals surface area (Å²) in [5, 5.41) is 1.96. The lowest BCUT2D eigenvalue weighted by molar-refractivity contribution is 0.0790. The van der Waals surface area contributed by atoms with Crippen LogP contribution >= 0.6 is 11.3 Å². The summed E-state index contributed by atoms with van der Waals surface area (Å²) in [6.07, 6.45) is 0. The van der Waals surface area contributed by atoms with E-state index in [-0.39, 0.29) is 12.7 Å². The van der Waals surface area contributed by atoms with Gasteiger partial charge in [0.1, 0.15) is 0 Å². The van der Waals surface area contributed by atoms with Gasteiger partial charge in [-0.3, -0.25) is 4.79 Å². The smallest absolute Gasteiger partial charge is 0.264 e. The van der Waals surface area contributed by atoms with Crippen molar-refractivity contribution in [2.45, 2.75) is 6.54 Å². The SMILES string of the molecule is CN(Cc1ccc2c(c1)OCO2)C(=O)c1sccc1-c1ccccc1. The topological polar surface area (TPSA) is 38.8 Å². The summed E-state index contributed by atoms with van der Waals surface area (Å²) in [6, 6.07) is 17.8. The molecule has 3 aromatic rings. The van der Waals surface area contributed by atoms with Gasteiger partial charge in [0.05, 0.1) is 4.88 Å². The van der Waals surface area contributed by atoms with Crippen molar-refractivity contribution in [2.24, 2.45) is 0 Å². The van der Waals surface area contributed by atoms with Gasteiger partial charge >= 0.3 is 0 Å². The standard InChI is InChI=1S/C20H17NO3S/c1-21(12-14-7-8-17-18(11-14)24-13-23-17)20(22)19-16(9-10-25-19)15-5-3-2-4-6-15/h2-11H,12-13H2,1H3. The first-order chi connectivity index (χ1) is 12.2. The zero-order chi connectivity index (χ0) is 17.2. The molecule has 25 heavy (non-hydrogen) atoms. The maximum Gasteiger partial charge on any atom is 0.264 e. The molecule has 1 amide bonds. The highest BCUT2D eigenvalue weighted by Gasteiger charge is 2.20. The van der Waals surface area contributed by atoms with Crippen molar-refractivity contribution in [3.05, 3.63) is 70.4 Å². The molecule has 4 nitrogen and oxygen atoms in total. The molecule has 0 saturated heterocycles. The van der Waals surface area contributed by atoms with E-state index in [1.807, 2.05) is 67.0 Å². The summed E-state index contributed by atoms with van der Waals surface area (Å²) in [5.41, 5.74) is 3.05. The number of carbonyl (C=O) groups excluding carboxylic acids is 1. The molecule has 0 aliphatic carbocycles. The van der Waals surface area contributed by atoms with Gasteiger partial charge in [-0.1, -0.05) is 36.4 Å². The summed E-state index contributed by atoms with van der Waals surface area (Å²) in [7, 11) is 1.82. The Balaban J connectivity index is 1.54. The molecule has 2 aromatic carbocycles. The van der Waals surface area contributed by atoms with Crippen LogP contribution in [0.4, 0.5) is 0 Å². The molecule has 1 aliphatic heterocycles. The van der Waals surface area contributed by atoms with Gasteiger partial charge in [0.15, 0.2) is 11.5 Å². The number of rotatable bonds is 4. The molecule has 0 N–H and O–H groups in total. The van der Waals surface area contributed by atoms with Crippen LogP contribution in [0, 0.1) is 0 Å². The first-order valence-electron chi connectivity index (χ1n) is 7.99. The fourth-order valence-electron chi connectivity index (χ4n) is 2.88. The van der Waals surface area contributed by atoms with Crippen LogP contribution in [0.5, 0.6) is 11.5 Å². The minimum atomic E-state index is 0.0199. The number of nitrogens with zero attached hydrogens (tertiary/aromatic N) is 1. The molecule has 5 heteroatoms. The van der Waals surface area contributed by atoms with E-state index in [4.69, 9.17) is 9.47 Å². The number of carbonyl (C=O) groups is 1. The second-order valence-corrected chi connectivity index (χ2v) is 6.79. The number of fused-ring (bicyclic) bond motifs is 1. The summed E-state index contributed by atoms with van der Waals surface area (Å²) in [4.78, 5) is 15.4. The van der Waals surface area contributed by atoms with Crippen molar-refractivity contribution >= 4 is 17.2 Å². The summed E-state index contributed by atoms with van der Waals surface area (Å²) < 4.78 is 10.7. The zero-order valence-electron chi connectivity index (χ0n) is 13.8. The van der Waals surface area contributed by atoms with Crippen LogP contribution < -0.4 is 9.47 Å². The number of ether oxygens (including phenoxy) is 2. The fraction of sp³-hybridized carbons (Fsp3) is 0.150. The second-order valence-electron chi connectivity index (χ2n) is 5.88. The van der Waals surface area contributed by atoms with Crippen molar-refractivity contribution in [3.8, 4) is 22.6 Å². The average Bonchev–Trinajstić information content (AvgIpc) is 3.30. The first kappa shape index (κ1) is 15.7. The highest BCUT2D eigenvalue weighted by Crippen LogP contribution is 2.33. The van der Waals surface area contributed by atoms with Gasteiger partial charge in [-0.05, 0) is 34.7 Å². The lowest BCUT2D eigenvalue weighted by atomic mass is 10.1. The van der Waals surface area contributed by atoms with E-state index in [1.165, 1.54) is 11.3 Å². The molecular weight excluding hydrogens is 334 g/mol. The molecule has 2 heterocycles. The lowest BCUT2D eigenvalue weighted by Crippen LogP contribution is -2.25. The Bertz CT molecular complexity index is 904. The third-order valence-corrected chi connectivity index (χ3v) is 5.05. The van der Waals surface area contributed by atoms with Gasteiger partial charge < -0.3 is 14.4 Å². The molecule has 0 spiro atoms. The van der Waals surface area contributed by atoms with Crippen LogP contribution in [-0.4, -0.2) is 24.6 Å². The van der Waals surface area contributed by atoms with Crippen LogP contribution in [0.3, 0.4) is 0 Å². The van der Waals surface area contributed by atoms with Crippen LogP contribution in [0.1, 0.15) is 15.2 Å². The molecule has 0 bridgehead atoms. The molecule has 0 atom stereocenters. The van der Waals surface area contributed by atoms with Crippen LogP contribution in [-0.2, 0) is 6.54 Å². The summed E-state index contributed by atoms with van der Waals surface area (Å²) in [5.74, 6) is 1.51. The van der Waals surface area contributed by atoms with Crippen LogP contribution in [0.15, 0.2) is 60.0 Å². The summed E-state index contributed by atoms with van der Waals surface area (Å²) in [6.45, 7) is 0.769. The quantitative estimate of drug-likeness (QED) is 0.699. The van der Waals surface area contributed by atoms with Crippen molar-refractivity contribution in [2.75, 3.05) is 13.8 Å². The van der Waals surface area contributed by atoms with E-state index in [0.29, 0.717) is 6.54 Å². The van der Waals surface area contributed by atoms with Gasteiger partial charge in [-0.15, -0.1) is 11.3 Å². The molecule has 0 unspecified atom stereocenters. The van der Waals surface area contributed by atoms with Crippen molar-refractivity contribution < 1.29 is 14.3 Å². The summed E-state index contributed by atoms with van der Waals surface area (Å²) >= 11 is 1.48. The van der Waals surface area contributed by atoms with Crippen molar-refractivity contribution in [1.29, 1.82) is 0 Å². The molecule has 1 aliphatic rings. The van der Waals surface area contributed by atoms with Crippen LogP contribution in [0.2, 0.25) is 0 Å². The number of benzene rings is 2. The molecule has 0 fully saturated rings. The Labute approximate surface area is 150 Å². The number of amides is 1. The second kappa shape index (κ2) is 6.61. The molecule has 0 saturated carbocycles. The molecule has 1 aromatic heterocycles. The Kier molecular flexibility index (Phi) is 4.15. The van der Waals surface area contributed by atoms with Crippen LogP contribution in [0.25, 0.3) is 11.1 Å².